The van der Waals surface area contributed by atoms with Crippen molar-refractivity contribution < 1.29 is 19.1 Å². The molecule has 0 aromatic heterocycles. The van der Waals surface area contributed by atoms with E-state index in [2.05, 4.69) is 25.8 Å². The first-order chi connectivity index (χ1) is 16.2. The van der Waals surface area contributed by atoms with Gasteiger partial charge in [-0.05, 0) is 80.2 Å². The maximum Gasteiger partial charge on any atom is 0.339 e. The average Bonchev–Trinajstić information content (AvgIpc) is 3.12. The molecule has 7 atom stereocenters. The molecule has 1 aromatic carbocycles. The molecule has 0 unspecified atom stereocenters. The zero-order chi connectivity index (χ0) is 24.1. The number of hydrogen-bond acceptors (Lipinski definition) is 4. The van der Waals surface area contributed by atoms with Gasteiger partial charge in [-0.3, -0.25) is 4.79 Å². The molecule has 1 aromatic rings. The van der Waals surface area contributed by atoms with Crippen LogP contribution in [0.5, 0.6) is 0 Å². The number of ether oxygens (including phenoxy) is 2. The molecule has 3 saturated carbocycles. The highest BCUT2D eigenvalue weighted by molar-refractivity contribution is 5.89. The van der Waals surface area contributed by atoms with Gasteiger partial charge in [0.2, 0.25) is 0 Å². The zero-order valence-corrected chi connectivity index (χ0v) is 20.6. The van der Waals surface area contributed by atoms with Crippen LogP contribution in [0.25, 0.3) is 0 Å². The molecular formula is C30H36O4. The van der Waals surface area contributed by atoms with E-state index in [1.807, 2.05) is 18.2 Å². The van der Waals surface area contributed by atoms with Gasteiger partial charge in [0.25, 0.3) is 0 Å². The van der Waals surface area contributed by atoms with Gasteiger partial charge >= 0.3 is 11.9 Å². The predicted octanol–water partition coefficient (Wildman–Crippen LogP) is 6.11. The number of benzene rings is 1. The van der Waals surface area contributed by atoms with Crippen molar-refractivity contribution in [2.45, 2.75) is 83.8 Å². The number of carbonyl (C=O) groups is 2. The number of allylic oxidation sites excluding steroid dienone is 1. The van der Waals surface area contributed by atoms with E-state index in [-0.39, 0.29) is 28.9 Å². The first kappa shape index (κ1) is 23.2. The Hall–Kier alpha value is -2.54. The summed E-state index contributed by atoms with van der Waals surface area (Å²) in [7, 11) is 0. The molecule has 0 N–H and O–H groups in total. The van der Waals surface area contributed by atoms with Crippen LogP contribution in [0.4, 0.5) is 0 Å². The standard InChI is InChI=1S/C30H36O4/c1-5-30(34-27(32)21-9-7-6-8-10-21)18-15-26-24-12-11-22-19-23(33-20(2)31)13-16-28(22,3)25(24)14-17-29(26,30)4/h1,6-11,23-26H,12-19H2,2-4H3/t23-,24-,25+,26-,28+,29-,30+/m1/s1. The molecule has 0 bridgehead atoms. The lowest BCUT2D eigenvalue weighted by Gasteiger charge is -2.58. The van der Waals surface area contributed by atoms with Gasteiger partial charge in [-0.25, -0.2) is 4.79 Å². The highest BCUT2D eigenvalue weighted by atomic mass is 16.6. The van der Waals surface area contributed by atoms with Gasteiger partial charge in [-0.2, -0.15) is 0 Å². The molecule has 0 saturated heterocycles. The highest BCUT2D eigenvalue weighted by Gasteiger charge is 2.65. The molecule has 0 spiro atoms. The van der Waals surface area contributed by atoms with Gasteiger partial charge < -0.3 is 9.47 Å². The van der Waals surface area contributed by atoms with E-state index >= 15 is 0 Å². The largest absolute Gasteiger partial charge is 0.462 e. The Morgan fingerprint density at radius 1 is 1.03 bits per heavy atom. The molecule has 4 heteroatoms. The number of fused-ring (bicyclic) bond motifs is 5. The number of hydrogen-bond donors (Lipinski definition) is 0. The smallest absolute Gasteiger partial charge is 0.339 e. The van der Waals surface area contributed by atoms with Gasteiger partial charge in [0.15, 0.2) is 5.60 Å². The summed E-state index contributed by atoms with van der Waals surface area (Å²) < 4.78 is 11.8. The van der Waals surface area contributed by atoms with E-state index in [0.717, 1.165) is 51.4 Å². The van der Waals surface area contributed by atoms with Crippen molar-refractivity contribution in [1.82, 2.24) is 0 Å². The second kappa shape index (κ2) is 8.29. The highest BCUT2D eigenvalue weighted by Crippen LogP contribution is 2.67. The summed E-state index contributed by atoms with van der Waals surface area (Å²) in [5.74, 6) is 4.08. The Balaban J connectivity index is 1.40. The normalized spacial score (nSPS) is 40.6. The lowest BCUT2D eigenvalue weighted by atomic mass is 9.47. The van der Waals surface area contributed by atoms with Crippen LogP contribution in [-0.4, -0.2) is 23.6 Å². The van der Waals surface area contributed by atoms with E-state index in [9.17, 15) is 9.59 Å². The van der Waals surface area contributed by atoms with Crippen molar-refractivity contribution in [1.29, 1.82) is 0 Å². The van der Waals surface area contributed by atoms with Crippen LogP contribution >= 0.6 is 0 Å². The Morgan fingerprint density at radius 3 is 2.47 bits per heavy atom. The second-order valence-corrected chi connectivity index (χ2v) is 11.5. The number of carbonyl (C=O) groups excluding carboxylic acids is 2. The third-order valence-electron chi connectivity index (χ3n) is 10.0. The third kappa shape index (κ3) is 3.43. The Labute approximate surface area is 203 Å². The third-order valence-corrected chi connectivity index (χ3v) is 10.0. The molecule has 4 aliphatic rings. The van der Waals surface area contributed by atoms with Crippen LogP contribution < -0.4 is 0 Å². The van der Waals surface area contributed by atoms with E-state index < -0.39 is 5.60 Å². The minimum Gasteiger partial charge on any atom is -0.462 e. The van der Waals surface area contributed by atoms with E-state index in [1.165, 1.54) is 12.5 Å². The lowest BCUT2D eigenvalue weighted by Crippen LogP contribution is -2.55. The quantitative estimate of drug-likeness (QED) is 0.310. The second-order valence-electron chi connectivity index (χ2n) is 11.5. The van der Waals surface area contributed by atoms with Gasteiger partial charge in [0.1, 0.15) is 6.10 Å². The molecule has 0 amide bonds. The minimum atomic E-state index is -0.854. The molecule has 0 heterocycles. The van der Waals surface area contributed by atoms with Crippen LogP contribution in [0.15, 0.2) is 42.0 Å². The van der Waals surface area contributed by atoms with Crippen LogP contribution in [0.3, 0.4) is 0 Å². The average molecular weight is 461 g/mol. The first-order valence-corrected chi connectivity index (χ1v) is 12.9. The van der Waals surface area contributed by atoms with E-state index in [1.54, 1.807) is 12.1 Å². The van der Waals surface area contributed by atoms with E-state index in [0.29, 0.717) is 23.3 Å². The van der Waals surface area contributed by atoms with Gasteiger partial charge in [-0.15, -0.1) is 6.42 Å². The molecule has 34 heavy (non-hydrogen) atoms. The topological polar surface area (TPSA) is 52.6 Å². The summed E-state index contributed by atoms with van der Waals surface area (Å²) >= 11 is 0. The number of rotatable bonds is 3. The summed E-state index contributed by atoms with van der Waals surface area (Å²) in [4.78, 5) is 24.5. The van der Waals surface area contributed by atoms with Crippen LogP contribution in [0, 0.1) is 40.9 Å². The molecular weight excluding hydrogens is 424 g/mol. The van der Waals surface area contributed by atoms with Crippen LogP contribution in [0.1, 0.15) is 82.5 Å². The van der Waals surface area contributed by atoms with Crippen molar-refractivity contribution >= 4 is 11.9 Å². The fourth-order valence-electron chi connectivity index (χ4n) is 8.19. The lowest BCUT2D eigenvalue weighted by molar-refractivity contribution is -0.149. The summed E-state index contributed by atoms with van der Waals surface area (Å²) in [6.07, 6.45) is 16.3. The van der Waals surface area contributed by atoms with Crippen molar-refractivity contribution in [2.24, 2.45) is 28.6 Å². The zero-order valence-electron chi connectivity index (χ0n) is 20.6. The number of esters is 2. The monoisotopic (exact) mass is 460 g/mol. The molecule has 180 valence electrons. The SMILES string of the molecule is C#C[C@]1(OC(=O)c2ccccc2)CC[C@@H]2[C@@H]3CC=C4C[C@H](OC(C)=O)CC[C@]4(C)[C@H]3CC[C@]21C. The maximum absolute atomic E-state index is 13.0. The van der Waals surface area contributed by atoms with E-state index in [4.69, 9.17) is 15.9 Å². The first-order valence-electron chi connectivity index (χ1n) is 12.9. The fourth-order valence-corrected chi connectivity index (χ4v) is 8.19. The Kier molecular flexibility index (Phi) is 5.66. The Bertz CT molecular complexity index is 1050. The molecule has 0 radical (unpaired) electrons. The van der Waals surface area contributed by atoms with Crippen molar-refractivity contribution in [2.75, 3.05) is 0 Å². The maximum atomic E-state index is 13.0. The van der Waals surface area contributed by atoms with Gasteiger partial charge in [0.05, 0.1) is 5.56 Å². The van der Waals surface area contributed by atoms with Gasteiger partial charge in [-0.1, -0.05) is 49.6 Å². The minimum absolute atomic E-state index is 0.0141. The summed E-state index contributed by atoms with van der Waals surface area (Å²) in [6, 6.07) is 9.18. The molecule has 4 aliphatic carbocycles. The number of terminal acetylenes is 1. The van der Waals surface area contributed by atoms with Gasteiger partial charge in [0, 0.05) is 18.8 Å². The molecule has 4 nitrogen and oxygen atoms in total. The van der Waals surface area contributed by atoms with Crippen LogP contribution in [0.2, 0.25) is 0 Å². The Morgan fingerprint density at radius 2 is 1.76 bits per heavy atom. The van der Waals surface area contributed by atoms with Crippen LogP contribution in [-0.2, 0) is 14.3 Å². The van der Waals surface area contributed by atoms with Crippen molar-refractivity contribution in [3.8, 4) is 12.3 Å². The molecule has 3 fully saturated rings. The summed E-state index contributed by atoms with van der Waals surface area (Å²) in [5, 5.41) is 0. The summed E-state index contributed by atoms with van der Waals surface area (Å²) in [6.45, 7) is 6.21. The van der Waals surface area contributed by atoms with Crippen molar-refractivity contribution in [3.05, 3.63) is 47.5 Å². The van der Waals surface area contributed by atoms with Crippen molar-refractivity contribution in [3.63, 3.8) is 0 Å². The molecule has 5 rings (SSSR count). The summed E-state index contributed by atoms with van der Waals surface area (Å²) in [5.41, 5.74) is 1.12. The molecule has 0 aliphatic heterocycles. The predicted molar refractivity (Wildman–Crippen MR) is 131 cm³/mol. The fraction of sp³-hybridized carbons (Fsp3) is 0.600.